The lowest BCUT2D eigenvalue weighted by atomic mass is 10.1. The van der Waals surface area contributed by atoms with Crippen molar-refractivity contribution in [3.05, 3.63) is 46.8 Å². The van der Waals surface area contributed by atoms with Crippen LogP contribution in [0.5, 0.6) is 5.75 Å². The second-order valence-corrected chi connectivity index (χ2v) is 6.19. The summed E-state index contributed by atoms with van der Waals surface area (Å²) < 4.78 is 16.5. The molecule has 1 fully saturated rings. The second kappa shape index (κ2) is 8.16. The summed E-state index contributed by atoms with van der Waals surface area (Å²) in [5.41, 5.74) is 2.20. The first-order valence-electron chi connectivity index (χ1n) is 8.74. The van der Waals surface area contributed by atoms with Crippen LogP contribution in [0.4, 0.5) is 0 Å². The summed E-state index contributed by atoms with van der Waals surface area (Å²) in [7, 11) is 0. The van der Waals surface area contributed by atoms with E-state index in [1.54, 1.807) is 6.92 Å². The van der Waals surface area contributed by atoms with Crippen LogP contribution in [0.25, 0.3) is 0 Å². The summed E-state index contributed by atoms with van der Waals surface area (Å²) in [5.74, 6) is 1.17. The predicted octanol–water partition coefficient (Wildman–Crippen LogP) is 3.03. The fraction of sp³-hybridized carbons (Fsp3) is 0.474. The fourth-order valence-electron chi connectivity index (χ4n) is 2.93. The summed E-state index contributed by atoms with van der Waals surface area (Å²) in [4.78, 5) is 12.4. The van der Waals surface area contributed by atoms with Crippen molar-refractivity contribution in [2.45, 2.75) is 45.8 Å². The first-order chi connectivity index (χ1) is 12.2. The van der Waals surface area contributed by atoms with E-state index in [-0.39, 0.29) is 12.0 Å². The molecule has 1 aromatic heterocycles. The van der Waals surface area contributed by atoms with E-state index in [1.807, 2.05) is 31.2 Å². The topological polar surface area (TPSA) is 73.6 Å². The minimum Gasteiger partial charge on any atom is -0.491 e. The molecule has 0 radical (unpaired) electrons. The number of nitrogens with one attached hydrogen (secondary N) is 1. The van der Waals surface area contributed by atoms with Gasteiger partial charge < -0.3 is 19.3 Å². The standard InChI is InChI=1S/C19H24N2O4/c1-3-17-18(13(2)25-21-17)19(22)20-11-14-6-4-7-15(10-14)24-12-16-8-5-9-23-16/h4,6-7,10,16H,3,5,8-9,11-12H2,1-2H3,(H,20,22)/t16-/m0/s1. The number of hydrogen-bond donors (Lipinski definition) is 1. The maximum atomic E-state index is 12.4. The highest BCUT2D eigenvalue weighted by molar-refractivity contribution is 5.96. The van der Waals surface area contributed by atoms with Crippen LogP contribution >= 0.6 is 0 Å². The van der Waals surface area contributed by atoms with Crippen LogP contribution in [-0.2, 0) is 17.7 Å². The number of aromatic nitrogens is 1. The van der Waals surface area contributed by atoms with E-state index in [0.717, 1.165) is 30.8 Å². The zero-order valence-corrected chi connectivity index (χ0v) is 14.7. The third kappa shape index (κ3) is 4.39. The van der Waals surface area contributed by atoms with E-state index in [1.165, 1.54) is 0 Å². The largest absolute Gasteiger partial charge is 0.491 e. The van der Waals surface area contributed by atoms with Gasteiger partial charge in [0.15, 0.2) is 0 Å². The summed E-state index contributed by atoms with van der Waals surface area (Å²) in [6.07, 6.45) is 3.00. The van der Waals surface area contributed by atoms with E-state index < -0.39 is 0 Å². The molecule has 2 aromatic rings. The molecule has 1 aliphatic rings. The Labute approximate surface area is 147 Å². The molecule has 3 rings (SSSR count). The Bertz CT molecular complexity index is 720. The molecule has 1 N–H and O–H groups in total. The van der Waals surface area contributed by atoms with Crippen molar-refractivity contribution in [2.75, 3.05) is 13.2 Å². The van der Waals surface area contributed by atoms with Crippen LogP contribution in [0, 0.1) is 6.92 Å². The van der Waals surface area contributed by atoms with Gasteiger partial charge >= 0.3 is 0 Å². The van der Waals surface area contributed by atoms with Gasteiger partial charge in [0.2, 0.25) is 0 Å². The van der Waals surface area contributed by atoms with Gasteiger partial charge in [-0.25, -0.2) is 0 Å². The quantitative estimate of drug-likeness (QED) is 0.836. The molecule has 25 heavy (non-hydrogen) atoms. The number of nitrogens with zero attached hydrogens (tertiary/aromatic N) is 1. The third-order valence-corrected chi connectivity index (χ3v) is 4.31. The summed E-state index contributed by atoms with van der Waals surface area (Å²) in [6.45, 7) is 5.50. The molecule has 1 atom stereocenters. The first kappa shape index (κ1) is 17.5. The maximum Gasteiger partial charge on any atom is 0.257 e. The average Bonchev–Trinajstić information content (AvgIpc) is 3.27. The third-order valence-electron chi connectivity index (χ3n) is 4.31. The molecule has 0 aliphatic carbocycles. The average molecular weight is 344 g/mol. The zero-order valence-electron chi connectivity index (χ0n) is 14.7. The van der Waals surface area contributed by atoms with Crippen LogP contribution in [0.2, 0.25) is 0 Å². The maximum absolute atomic E-state index is 12.4. The number of carbonyl (C=O) groups is 1. The predicted molar refractivity (Wildman–Crippen MR) is 92.7 cm³/mol. The Morgan fingerprint density at radius 3 is 3.08 bits per heavy atom. The van der Waals surface area contributed by atoms with Gasteiger partial charge in [-0.2, -0.15) is 0 Å². The van der Waals surface area contributed by atoms with E-state index in [9.17, 15) is 4.79 Å². The Hall–Kier alpha value is -2.34. The Kier molecular flexibility index (Phi) is 5.71. The molecule has 0 saturated carbocycles. The monoisotopic (exact) mass is 344 g/mol. The Morgan fingerprint density at radius 1 is 1.44 bits per heavy atom. The number of hydrogen-bond acceptors (Lipinski definition) is 5. The second-order valence-electron chi connectivity index (χ2n) is 6.19. The van der Waals surface area contributed by atoms with Gasteiger partial charge in [-0.15, -0.1) is 0 Å². The molecule has 1 amide bonds. The van der Waals surface area contributed by atoms with Crippen LogP contribution in [0.15, 0.2) is 28.8 Å². The highest BCUT2D eigenvalue weighted by Crippen LogP contribution is 2.18. The smallest absolute Gasteiger partial charge is 0.257 e. The van der Waals surface area contributed by atoms with Crippen molar-refractivity contribution in [1.29, 1.82) is 0 Å². The SMILES string of the molecule is CCc1noc(C)c1C(=O)NCc1cccc(OC[C@@H]2CCCO2)c1. The normalized spacial score (nSPS) is 16.8. The number of rotatable bonds is 7. The number of benzene rings is 1. The molecule has 1 aromatic carbocycles. The van der Waals surface area contributed by atoms with Crippen LogP contribution < -0.4 is 10.1 Å². The molecule has 1 saturated heterocycles. The van der Waals surface area contributed by atoms with Gasteiger partial charge in [0, 0.05) is 13.2 Å². The van der Waals surface area contributed by atoms with Crippen LogP contribution in [0.3, 0.4) is 0 Å². The lowest BCUT2D eigenvalue weighted by Crippen LogP contribution is -2.24. The molecular weight excluding hydrogens is 320 g/mol. The van der Waals surface area contributed by atoms with Crippen molar-refractivity contribution >= 4 is 5.91 Å². The summed E-state index contributed by atoms with van der Waals surface area (Å²) >= 11 is 0. The minimum atomic E-state index is -0.165. The molecular formula is C19H24N2O4. The van der Waals surface area contributed by atoms with Gasteiger partial charge in [-0.3, -0.25) is 4.79 Å². The van der Waals surface area contributed by atoms with Crippen molar-refractivity contribution < 1.29 is 18.8 Å². The van der Waals surface area contributed by atoms with Gasteiger partial charge in [-0.1, -0.05) is 24.2 Å². The van der Waals surface area contributed by atoms with Gasteiger partial charge in [0.25, 0.3) is 5.91 Å². The highest BCUT2D eigenvalue weighted by Gasteiger charge is 2.19. The minimum absolute atomic E-state index is 0.165. The van der Waals surface area contributed by atoms with E-state index in [2.05, 4.69) is 10.5 Å². The van der Waals surface area contributed by atoms with Crippen LogP contribution in [0.1, 0.15) is 47.1 Å². The van der Waals surface area contributed by atoms with Gasteiger partial charge in [-0.05, 0) is 43.9 Å². The van der Waals surface area contributed by atoms with Crippen LogP contribution in [-0.4, -0.2) is 30.4 Å². The molecule has 1 aliphatic heterocycles. The van der Waals surface area contributed by atoms with E-state index >= 15 is 0 Å². The molecule has 6 nitrogen and oxygen atoms in total. The molecule has 0 unspecified atom stereocenters. The fourth-order valence-corrected chi connectivity index (χ4v) is 2.93. The lowest BCUT2D eigenvalue weighted by molar-refractivity contribution is 0.0679. The van der Waals surface area contributed by atoms with Crippen molar-refractivity contribution in [2.24, 2.45) is 0 Å². The summed E-state index contributed by atoms with van der Waals surface area (Å²) in [6, 6.07) is 7.74. The van der Waals surface area contributed by atoms with Crippen molar-refractivity contribution in [1.82, 2.24) is 10.5 Å². The lowest BCUT2D eigenvalue weighted by Gasteiger charge is -2.12. The number of amides is 1. The van der Waals surface area contributed by atoms with E-state index in [0.29, 0.717) is 36.6 Å². The molecule has 0 spiro atoms. The zero-order chi connectivity index (χ0) is 17.6. The molecule has 0 bridgehead atoms. The van der Waals surface area contributed by atoms with Gasteiger partial charge in [0.1, 0.15) is 23.7 Å². The highest BCUT2D eigenvalue weighted by atomic mass is 16.5. The number of aryl methyl sites for hydroxylation is 2. The molecule has 2 heterocycles. The van der Waals surface area contributed by atoms with Crippen molar-refractivity contribution in [3.8, 4) is 5.75 Å². The molecule has 134 valence electrons. The first-order valence-corrected chi connectivity index (χ1v) is 8.74. The summed E-state index contributed by atoms with van der Waals surface area (Å²) in [5, 5.41) is 6.84. The number of ether oxygens (including phenoxy) is 2. The number of carbonyl (C=O) groups excluding carboxylic acids is 1. The Balaban J connectivity index is 1.56. The Morgan fingerprint density at radius 2 is 2.32 bits per heavy atom. The van der Waals surface area contributed by atoms with E-state index in [4.69, 9.17) is 14.0 Å². The van der Waals surface area contributed by atoms with Crippen molar-refractivity contribution in [3.63, 3.8) is 0 Å². The van der Waals surface area contributed by atoms with Gasteiger partial charge in [0.05, 0.1) is 11.8 Å². The molecule has 6 heteroatoms.